The molecule has 2 rings (SSSR count). The molecule has 2 nitrogen and oxygen atoms in total. The van der Waals surface area contributed by atoms with Crippen molar-refractivity contribution in [3.8, 4) is 0 Å². The van der Waals surface area contributed by atoms with Crippen LogP contribution in [0.15, 0.2) is 22.7 Å². The molecule has 1 aromatic rings. The van der Waals surface area contributed by atoms with Crippen LogP contribution in [0.4, 0.5) is 5.69 Å². The number of hydrogen-bond donors (Lipinski definition) is 1. The lowest BCUT2D eigenvalue weighted by Gasteiger charge is -2.28. The van der Waals surface area contributed by atoms with Crippen LogP contribution in [0.2, 0.25) is 0 Å². The fraction of sp³-hybridized carbons (Fsp3) is 0.538. The third-order valence-corrected chi connectivity index (χ3v) is 4.12. The first-order chi connectivity index (χ1) is 7.63. The highest BCUT2D eigenvalue weighted by Crippen LogP contribution is 2.38. The maximum absolute atomic E-state index is 9.06. The number of nitrogens with zero attached hydrogens (tertiary/aromatic N) is 1. The molecule has 1 aromatic carbocycles. The van der Waals surface area contributed by atoms with E-state index in [1.54, 1.807) is 0 Å². The lowest BCUT2D eigenvalue weighted by atomic mass is 10.1. The third-order valence-electron chi connectivity index (χ3n) is 3.49. The van der Waals surface area contributed by atoms with Crippen molar-refractivity contribution in [1.29, 1.82) is 0 Å². The molecule has 0 aromatic heterocycles. The number of aliphatic hydroxyl groups excluding tert-OH is 1. The van der Waals surface area contributed by atoms with Gasteiger partial charge in [-0.25, -0.2) is 0 Å². The van der Waals surface area contributed by atoms with Crippen molar-refractivity contribution in [2.24, 2.45) is 5.92 Å². The fourth-order valence-electron chi connectivity index (χ4n) is 2.05. The lowest BCUT2D eigenvalue weighted by molar-refractivity contribution is 0.282. The fourth-order valence-corrected chi connectivity index (χ4v) is 2.75. The monoisotopic (exact) mass is 283 g/mol. The van der Waals surface area contributed by atoms with Crippen LogP contribution in [0.1, 0.15) is 25.3 Å². The second-order valence-electron chi connectivity index (χ2n) is 4.63. The van der Waals surface area contributed by atoms with Gasteiger partial charge in [-0.3, -0.25) is 0 Å². The first-order valence-corrected chi connectivity index (χ1v) is 6.55. The van der Waals surface area contributed by atoms with E-state index in [1.165, 1.54) is 18.5 Å². The number of halogens is 1. The summed E-state index contributed by atoms with van der Waals surface area (Å²) in [5, 5.41) is 9.06. The molecule has 0 aliphatic heterocycles. The molecular weight excluding hydrogens is 266 g/mol. The van der Waals surface area contributed by atoms with E-state index in [0.717, 1.165) is 16.0 Å². The number of anilines is 1. The van der Waals surface area contributed by atoms with Crippen molar-refractivity contribution in [1.82, 2.24) is 0 Å². The van der Waals surface area contributed by atoms with Crippen molar-refractivity contribution in [2.75, 3.05) is 11.9 Å². The smallest absolute Gasteiger partial charge is 0.0682 e. The Morgan fingerprint density at radius 1 is 1.50 bits per heavy atom. The van der Waals surface area contributed by atoms with Gasteiger partial charge < -0.3 is 10.0 Å². The molecule has 1 aliphatic rings. The van der Waals surface area contributed by atoms with Crippen molar-refractivity contribution in [3.05, 3.63) is 28.2 Å². The Kier molecular flexibility index (Phi) is 3.55. The van der Waals surface area contributed by atoms with Crippen molar-refractivity contribution in [2.45, 2.75) is 32.4 Å². The van der Waals surface area contributed by atoms with E-state index >= 15 is 0 Å². The van der Waals surface area contributed by atoms with Crippen LogP contribution in [0.5, 0.6) is 0 Å². The van der Waals surface area contributed by atoms with Gasteiger partial charge in [-0.1, -0.05) is 6.07 Å². The number of aliphatic hydroxyl groups is 1. The SMILES string of the molecule is CC(C1CC1)N(C)c1ccc(CO)cc1Br. The molecule has 0 heterocycles. The van der Waals surface area contributed by atoms with E-state index < -0.39 is 0 Å². The average Bonchev–Trinajstić information content (AvgIpc) is 3.10. The molecule has 1 N–H and O–H groups in total. The van der Waals surface area contributed by atoms with Gasteiger partial charge in [0.25, 0.3) is 0 Å². The highest BCUT2D eigenvalue weighted by Gasteiger charge is 2.31. The molecule has 1 fully saturated rings. The van der Waals surface area contributed by atoms with Crippen molar-refractivity contribution >= 4 is 21.6 Å². The Balaban J connectivity index is 2.18. The van der Waals surface area contributed by atoms with Gasteiger partial charge in [0.05, 0.1) is 12.3 Å². The predicted molar refractivity (Wildman–Crippen MR) is 70.7 cm³/mol. The summed E-state index contributed by atoms with van der Waals surface area (Å²) in [4.78, 5) is 2.32. The zero-order valence-corrected chi connectivity index (χ0v) is 11.4. The number of rotatable bonds is 4. The van der Waals surface area contributed by atoms with Gasteiger partial charge in [0, 0.05) is 17.6 Å². The second-order valence-corrected chi connectivity index (χ2v) is 5.49. The molecular formula is C13H18BrNO. The van der Waals surface area contributed by atoms with Gasteiger partial charge in [-0.2, -0.15) is 0 Å². The molecule has 1 aliphatic carbocycles. The normalized spacial score (nSPS) is 17.2. The second kappa shape index (κ2) is 4.76. The summed E-state index contributed by atoms with van der Waals surface area (Å²) in [6.45, 7) is 2.38. The molecule has 3 heteroatoms. The third kappa shape index (κ3) is 2.41. The Bertz CT molecular complexity index is 376. The maximum atomic E-state index is 9.06. The summed E-state index contributed by atoms with van der Waals surface area (Å²) in [5.41, 5.74) is 2.15. The van der Waals surface area contributed by atoms with Crippen LogP contribution in [0.25, 0.3) is 0 Å². The zero-order valence-electron chi connectivity index (χ0n) is 9.78. The van der Waals surface area contributed by atoms with Crippen LogP contribution in [0.3, 0.4) is 0 Å². The summed E-state index contributed by atoms with van der Waals surface area (Å²) in [7, 11) is 2.14. The summed E-state index contributed by atoms with van der Waals surface area (Å²) in [5.74, 6) is 0.856. The van der Waals surface area contributed by atoms with Gasteiger partial charge >= 0.3 is 0 Å². The predicted octanol–water partition coefficient (Wildman–Crippen LogP) is 3.18. The van der Waals surface area contributed by atoms with E-state index in [4.69, 9.17) is 5.11 Å². The summed E-state index contributed by atoms with van der Waals surface area (Å²) < 4.78 is 1.06. The van der Waals surface area contributed by atoms with E-state index in [2.05, 4.69) is 40.9 Å². The molecule has 16 heavy (non-hydrogen) atoms. The van der Waals surface area contributed by atoms with Crippen LogP contribution in [0, 0.1) is 5.92 Å². The zero-order chi connectivity index (χ0) is 11.7. The summed E-state index contributed by atoms with van der Waals surface area (Å²) in [6, 6.07) is 6.65. The Morgan fingerprint density at radius 2 is 2.19 bits per heavy atom. The molecule has 88 valence electrons. The van der Waals surface area contributed by atoms with Crippen molar-refractivity contribution < 1.29 is 5.11 Å². The van der Waals surface area contributed by atoms with Gasteiger partial charge in [-0.15, -0.1) is 0 Å². The number of hydrogen-bond acceptors (Lipinski definition) is 2. The summed E-state index contributed by atoms with van der Waals surface area (Å²) in [6.07, 6.45) is 2.72. The Morgan fingerprint density at radius 3 is 2.69 bits per heavy atom. The lowest BCUT2D eigenvalue weighted by Crippen LogP contribution is -2.30. The van der Waals surface area contributed by atoms with E-state index in [0.29, 0.717) is 6.04 Å². The van der Waals surface area contributed by atoms with Gasteiger partial charge in [-0.05, 0) is 59.3 Å². The van der Waals surface area contributed by atoms with Crippen LogP contribution < -0.4 is 4.90 Å². The highest BCUT2D eigenvalue weighted by molar-refractivity contribution is 9.10. The molecule has 0 bridgehead atoms. The molecule has 0 radical (unpaired) electrons. The topological polar surface area (TPSA) is 23.5 Å². The minimum atomic E-state index is 0.0980. The first kappa shape index (κ1) is 11.9. The quantitative estimate of drug-likeness (QED) is 0.918. The van der Waals surface area contributed by atoms with Crippen molar-refractivity contribution in [3.63, 3.8) is 0 Å². The molecule has 1 atom stereocenters. The van der Waals surface area contributed by atoms with E-state index in [-0.39, 0.29) is 6.61 Å². The minimum absolute atomic E-state index is 0.0980. The standard InChI is InChI=1S/C13H18BrNO/c1-9(11-4-5-11)15(2)13-6-3-10(8-16)7-12(13)14/h3,6-7,9,11,16H,4-5,8H2,1-2H3. The van der Waals surface area contributed by atoms with Gasteiger partial charge in [0.1, 0.15) is 0 Å². The molecule has 1 unspecified atom stereocenters. The van der Waals surface area contributed by atoms with Gasteiger partial charge in [0.15, 0.2) is 0 Å². The highest BCUT2D eigenvalue weighted by atomic mass is 79.9. The van der Waals surface area contributed by atoms with Gasteiger partial charge in [0.2, 0.25) is 0 Å². The summed E-state index contributed by atoms with van der Waals surface area (Å²) >= 11 is 3.57. The van der Waals surface area contributed by atoms with E-state index in [9.17, 15) is 0 Å². The number of benzene rings is 1. The van der Waals surface area contributed by atoms with Crippen LogP contribution >= 0.6 is 15.9 Å². The first-order valence-electron chi connectivity index (χ1n) is 5.75. The van der Waals surface area contributed by atoms with E-state index in [1.807, 2.05) is 12.1 Å². The Hall–Kier alpha value is -0.540. The molecule has 1 saturated carbocycles. The minimum Gasteiger partial charge on any atom is -0.392 e. The molecule has 0 saturated heterocycles. The maximum Gasteiger partial charge on any atom is 0.0682 e. The molecule has 0 amide bonds. The van der Waals surface area contributed by atoms with Crippen LogP contribution in [-0.2, 0) is 6.61 Å². The van der Waals surface area contributed by atoms with Crippen LogP contribution in [-0.4, -0.2) is 18.2 Å². The largest absolute Gasteiger partial charge is 0.392 e. The average molecular weight is 284 g/mol. The Labute approximate surface area is 105 Å². The molecule has 0 spiro atoms.